The molecule has 1 unspecified atom stereocenters. The van der Waals surface area contributed by atoms with Crippen molar-refractivity contribution >= 4 is 40.3 Å². The minimum absolute atomic E-state index is 0.0406. The maximum atomic E-state index is 13.6. The van der Waals surface area contributed by atoms with Crippen molar-refractivity contribution in [1.82, 2.24) is 14.5 Å². The quantitative estimate of drug-likeness (QED) is 0.146. The van der Waals surface area contributed by atoms with Gasteiger partial charge in [0.1, 0.15) is 23.2 Å². The number of esters is 1. The number of benzene rings is 2. The van der Waals surface area contributed by atoms with E-state index in [-0.39, 0.29) is 43.3 Å². The van der Waals surface area contributed by atoms with E-state index in [0.717, 1.165) is 17.0 Å². The van der Waals surface area contributed by atoms with E-state index in [9.17, 15) is 9.59 Å². The number of anilines is 2. The van der Waals surface area contributed by atoms with Crippen LogP contribution >= 0.6 is 0 Å². The average Bonchev–Trinajstić information content (AvgIpc) is 3.29. The van der Waals surface area contributed by atoms with E-state index in [2.05, 4.69) is 10.3 Å². The highest BCUT2D eigenvalue weighted by atomic mass is 16.5. The third-order valence-electron chi connectivity index (χ3n) is 6.45. The molecule has 0 radical (unpaired) electrons. The molecule has 0 spiro atoms. The van der Waals surface area contributed by atoms with Crippen molar-refractivity contribution < 1.29 is 19.1 Å². The number of nitrogens with two attached hydrogens (primary N) is 1. The van der Waals surface area contributed by atoms with Crippen LogP contribution < -0.4 is 20.7 Å². The normalized spacial score (nSPS) is 11.6. The van der Waals surface area contributed by atoms with Gasteiger partial charge >= 0.3 is 5.97 Å². The number of amides is 1. The Bertz CT molecular complexity index is 1530. The Morgan fingerprint density at radius 3 is 2.60 bits per heavy atom. The molecule has 4 N–H and O–H groups in total. The molecule has 0 aliphatic heterocycles. The van der Waals surface area contributed by atoms with E-state index >= 15 is 0 Å². The topological polar surface area (TPSA) is 148 Å². The lowest BCUT2D eigenvalue weighted by Gasteiger charge is -2.21. The summed E-state index contributed by atoms with van der Waals surface area (Å²) in [5.41, 5.74) is 8.85. The number of ether oxygens (including phenoxy) is 2. The van der Waals surface area contributed by atoms with Crippen molar-refractivity contribution in [3.8, 4) is 5.75 Å². The first-order chi connectivity index (χ1) is 19.2. The summed E-state index contributed by atoms with van der Waals surface area (Å²) in [6.07, 6.45) is 1.65. The number of nitrogens with zero attached hydrogens (tertiary/aromatic N) is 4. The molecule has 1 amide bonds. The predicted molar refractivity (Wildman–Crippen MR) is 154 cm³/mol. The van der Waals surface area contributed by atoms with Crippen LogP contribution in [0, 0.1) is 5.41 Å². The lowest BCUT2D eigenvalue weighted by Crippen LogP contribution is -2.34. The van der Waals surface area contributed by atoms with Crippen LogP contribution in [0.25, 0.3) is 11.0 Å². The van der Waals surface area contributed by atoms with Crippen LogP contribution in [0.5, 0.6) is 5.75 Å². The van der Waals surface area contributed by atoms with Crippen molar-refractivity contribution in [2.75, 3.05) is 30.5 Å². The maximum absolute atomic E-state index is 13.6. The van der Waals surface area contributed by atoms with E-state index in [1.807, 2.05) is 30.7 Å². The van der Waals surface area contributed by atoms with Gasteiger partial charge in [0.05, 0.1) is 42.9 Å². The molecule has 0 bridgehead atoms. The Morgan fingerprint density at radius 1 is 1.15 bits per heavy atom. The number of nitrogens with one attached hydrogen (secondary N) is 2. The summed E-state index contributed by atoms with van der Waals surface area (Å²) >= 11 is 0. The number of hydrogen-bond donors (Lipinski definition) is 3. The summed E-state index contributed by atoms with van der Waals surface area (Å²) in [6.45, 7) is 4.13. The van der Waals surface area contributed by atoms with Crippen molar-refractivity contribution in [2.24, 2.45) is 12.8 Å². The summed E-state index contributed by atoms with van der Waals surface area (Å²) in [4.78, 5) is 36.3. The molecule has 0 aliphatic rings. The SMILES string of the molecule is CCOC(=O)CCN(C(=O)c1ccc2c(c1)nc(C(C)Nc1ccc(C(=N)N)cc1OC)n2C)c1ccccn1. The lowest BCUT2D eigenvalue weighted by atomic mass is 10.1. The molecule has 40 heavy (non-hydrogen) atoms. The Morgan fingerprint density at radius 2 is 1.93 bits per heavy atom. The molecule has 1 atom stereocenters. The monoisotopic (exact) mass is 543 g/mol. The first kappa shape index (κ1) is 28.1. The fourth-order valence-corrected chi connectivity index (χ4v) is 4.44. The number of aryl methyl sites for hydroxylation is 1. The molecule has 0 fully saturated rings. The molecule has 0 saturated carbocycles. The highest BCUT2D eigenvalue weighted by Crippen LogP contribution is 2.30. The van der Waals surface area contributed by atoms with E-state index in [1.165, 1.54) is 4.90 Å². The fourth-order valence-electron chi connectivity index (χ4n) is 4.44. The molecule has 4 aromatic rings. The Labute approximate surface area is 232 Å². The minimum atomic E-state index is -0.380. The summed E-state index contributed by atoms with van der Waals surface area (Å²) in [6, 6.07) is 15.7. The van der Waals surface area contributed by atoms with Crippen LogP contribution in [-0.4, -0.2) is 52.5 Å². The molecule has 2 aromatic carbocycles. The zero-order valence-corrected chi connectivity index (χ0v) is 23.0. The minimum Gasteiger partial charge on any atom is -0.495 e. The number of fused-ring (bicyclic) bond motifs is 1. The number of carbonyl (C=O) groups excluding carboxylic acids is 2. The second kappa shape index (κ2) is 12.3. The zero-order valence-electron chi connectivity index (χ0n) is 23.0. The van der Waals surface area contributed by atoms with Gasteiger partial charge in [-0.05, 0) is 62.4 Å². The van der Waals surface area contributed by atoms with Crippen LogP contribution in [0.4, 0.5) is 11.5 Å². The van der Waals surface area contributed by atoms with Gasteiger partial charge in [0, 0.05) is 30.9 Å². The summed E-state index contributed by atoms with van der Waals surface area (Å²) < 4.78 is 12.5. The van der Waals surface area contributed by atoms with Gasteiger partial charge in [-0.1, -0.05) is 6.07 Å². The van der Waals surface area contributed by atoms with Crippen LogP contribution in [0.1, 0.15) is 48.1 Å². The molecule has 2 aromatic heterocycles. The van der Waals surface area contributed by atoms with Crippen molar-refractivity contribution in [3.05, 3.63) is 77.7 Å². The first-order valence-corrected chi connectivity index (χ1v) is 12.9. The lowest BCUT2D eigenvalue weighted by molar-refractivity contribution is -0.142. The number of methoxy groups -OCH3 is 1. The van der Waals surface area contributed by atoms with Gasteiger partial charge in [-0.3, -0.25) is 19.9 Å². The molecule has 4 rings (SSSR count). The standard InChI is InChI=1S/C29H33N7O4/c1-5-40-26(37)13-15-36(25-8-6-7-14-32-25)29(38)20-10-12-23-22(16-20)34-28(35(23)3)18(2)33-21-11-9-19(27(30)31)17-24(21)39-4/h6-12,14,16-18,33H,5,13,15H2,1-4H3,(H3,30,31). The summed E-state index contributed by atoms with van der Waals surface area (Å²) in [5.74, 6) is 1.04. The number of rotatable bonds is 11. The van der Waals surface area contributed by atoms with Gasteiger partial charge in [-0.2, -0.15) is 0 Å². The molecule has 0 aliphatic carbocycles. The molecule has 11 heteroatoms. The Kier molecular flexibility index (Phi) is 8.63. The van der Waals surface area contributed by atoms with E-state index < -0.39 is 0 Å². The van der Waals surface area contributed by atoms with Crippen LogP contribution in [0.15, 0.2) is 60.8 Å². The maximum Gasteiger partial charge on any atom is 0.307 e. The number of hydrogen-bond acceptors (Lipinski definition) is 8. The smallest absolute Gasteiger partial charge is 0.307 e. The van der Waals surface area contributed by atoms with Gasteiger partial charge < -0.3 is 25.1 Å². The van der Waals surface area contributed by atoms with Crippen LogP contribution in [0.3, 0.4) is 0 Å². The van der Waals surface area contributed by atoms with E-state index in [4.69, 9.17) is 25.6 Å². The summed E-state index contributed by atoms with van der Waals surface area (Å²) in [5, 5.41) is 11.1. The number of aromatic nitrogens is 3. The molecule has 2 heterocycles. The molecule has 208 valence electrons. The zero-order chi connectivity index (χ0) is 28.8. The Hall–Kier alpha value is -4.93. The van der Waals surface area contributed by atoms with Gasteiger partial charge in [0.15, 0.2) is 0 Å². The number of pyridine rings is 1. The number of imidazole rings is 1. The molecular weight excluding hydrogens is 510 g/mol. The van der Waals surface area contributed by atoms with Crippen molar-refractivity contribution in [1.29, 1.82) is 5.41 Å². The van der Waals surface area contributed by atoms with E-state index in [1.54, 1.807) is 62.7 Å². The Balaban J connectivity index is 1.61. The molecular formula is C29H33N7O4. The number of carbonyl (C=O) groups is 2. The molecule has 11 nitrogen and oxygen atoms in total. The van der Waals surface area contributed by atoms with Crippen LogP contribution in [-0.2, 0) is 16.6 Å². The van der Waals surface area contributed by atoms with Gasteiger partial charge in [0.2, 0.25) is 0 Å². The third kappa shape index (κ3) is 6.04. The second-order valence-electron chi connectivity index (χ2n) is 9.13. The number of nitrogen functional groups attached to an aromatic ring is 1. The first-order valence-electron chi connectivity index (χ1n) is 12.9. The number of amidine groups is 1. The highest BCUT2D eigenvalue weighted by Gasteiger charge is 2.22. The van der Waals surface area contributed by atoms with E-state index in [0.29, 0.717) is 28.2 Å². The molecule has 0 saturated heterocycles. The summed E-state index contributed by atoms with van der Waals surface area (Å²) in [7, 11) is 3.48. The van der Waals surface area contributed by atoms with Gasteiger partial charge in [0.25, 0.3) is 5.91 Å². The second-order valence-corrected chi connectivity index (χ2v) is 9.13. The van der Waals surface area contributed by atoms with Crippen molar-refractivity contribution in [2.45, 2.75) is 26.3 Å². The fraction of sp³-hybridized carbons (Fsp3) is 0.276. The van der Waals surface area contributed by atoms with Crippen LogP contribution in [0.2, 0.25) is 0 Å². The van der Waals surface area contributed by atoms with Crippen molar-refractivity contribution in [3.63, 3.8) is 0 Å². The third-order valence-corrected chi connectivity index (χ3v) is 6.45. The van der Waals surface area contributed by atoms with Gasteiger partial charge in [-0.15, -0.1) is 0 Å². The largest absolute Gasteiger partial charge is 0.495 e. The van der Waals surface area contributed by atoms with Gasteiger partial charge in [-0.25, -0.2) is 9.97 Å². The predicted octanol–water partition coefficient (Wildman–Crippen LogP) is 4.03. The average molecular weight is 544 g/mol. The highest BCUT2D eigenvalue weighted by molar-refractivity contribution is 6.07.